The molecule has 0 aliphatic carbocycles. The summed E-state index contributed by atoms with van der Waals surface area (Å²) in [5.74, 6) is -0.714. The third-order valence-electron chi connectivity index (χ3n) is 5.88. The van der Waals surface area contributed by atoms with Crippen LogP contribution in [0.4, 0.5) is 5.69 Å². The molecule has 2 aliphatic heterocycles. The fourth-order valence-electron chi connectivity index (χ4n) is 4.08. The molecule has 0 radical (unpaired) electrons. The van der Waals surface area contributed by atoms with E-state index >= 15 is 0 Å². The van der Waals surface area contributed by atoms with Crippen molar-refractivity contribution in [3.05, 3.63) is 24.3 Å². The molecule has 0 aromatic heterocycles. The molecule has 30 heavy (non-hydrogen) atoms. The maximum atomic E-state index is 12.6. The second-order valence-electron chi connectivity index (χ2n) is 7.84. The average molecular weight is 438 g/mol. The minimum absolute atomic E-state index is 0.0301. The van der Waals surface area contributed by atoms with Gasteiger partial charge in [0.15, 0.2) is 0 Å². The van der Waals surface area contributed by atoms with Crippen molar-refractivity contribution in [2.45, 2.75) is 57.1 Å². The van der Waals surface area contributed by atoms with Crippen molar-refractivity contribution in [1.82, 2.24) is 9.62 Å². The van der Waals surface area contributed by atoms with Crippen molar-refractivity contribution in [3.8, 4) is 0 Å². The Morgan fingerprint density at radius 2 is 1.93 bits per heavy atom. The molecule has 9 heteroatoms. The first-order valence-electron chi connectivity index (χ1n) is 10.6. The van der Waals surface area contributed by atoms with Gasteiger partial charge in [-0.1, -0.05) is 13.8 Å². The molecule has 1 aromatic rings. The van der Waals surface area contributed by atoms with E-state index in [1.165, 1.54) is 16.4 Å². The number of ether oxygens (including phenoxy) is 1. The summed E-state index contributed by atoms with van der Waals surface area (Å²) in [6.45, 7) is 7.31. The molecule has 1 aromatic carbocycles. The molecule has 2 heterocycles. The van der Waals surface area contributed by atoms with Crippen molar-refractivity contribution in [3.63, 3.8) is 0 Å². The second kappa shape index (κ2) is 9.45. The number of rotatable bonds is 8. The van der Waals surface area contributed by atoms with Gasteiger partial charge in [0.25, 0.3) is 0 Å². The molecule has 3 atom stereocenters. The third kappa shape index (κ3) is 4.68. The van der Waals surface area contributed by atoms with Crippen LogP contribution in [0.15, 0.2) is 29.2 Å². The topological polar surface area (TPSA) is 96.0 Å². The Balaban J connectivity index is 1.65. The number of benzene rings is 1. The number of anilines is 1. The van der Waals surface area contributed by atoms with Crippen LogP contribution in [0.3, 0.4) is 0 Å². The first-order valence-corrected chi connectivity index (χ1v) is 12.0. The average Bonchev–Trinajstić information content (AvgIpc) is 3.39. The number of nitrogens with one attached hydrogen (secondary N) is 1. The van der Waals surface area contributed by atoms with Crippen LogP contribution in [-0.2, 0) is 24.3 Å². The van der Waals surface area contributed by atoms with Gasteiger partial charge in [0.05, 0.1) is 23.0 Å². The molecule has 3 rings (SSSR count). The summed E-state index contributed by atoms with van der Waals surface area (Å²) in [5, 5.41) is 2.98. The van der Waals surface area contributed by atoms with Crippen LogP contribution >= 0.6 is 0 Å². The number of hydrogen-bond acceptors (Lipinski definition) is 5. The standard InChI is InChI=1S/C21H31N3O5S/c1-4-23(5-2)30(27,28)18-10-8-17(9-11-18)24-14-16(13-20(24)25)21(26)22-15(3)19-7-6-12-29-19/h8-11,15-16,19H,4-7,12-14H2,1-3H3,(H,22,26). The maximum Gasteiger partial charge on any atom is 0.243 e. The Morgan fingerprint density at radius 3 is 2.50 bits per heavy atom. The molecule has 1 N–H and O–H groups in total. The Morgan fingerprint density at radius 1 is 1.27 bits per heavy atom. The van der Waals surface area contributed by atoms with E-state index in [-0.39, 0.29) is 41.8 Å². The van der Waals surface area contributed by atoms with E-state index in [9.17, 15) is 18.0 Å². The van der Waals surface area contributed by atoms with Crippen molar-refractivity contribution in [1.29, 1.82) is 0 Å². The zero-order chi connectivity index (χ0) is 21.9. The highest BCUT2D eigenvalue weighted by atomic mass is 32.2. The summed E-state index contributed by atoms with van der Waals surface area (Å²) >= 11 is 0. The summed E-state index contributed by atoms with van der Waals surface area (Å²) in [7, 11) is -3.55. The van der Waals surface area contributed by atoms with Crippen LogP contribution in [0.25, 0.3) is 0 Å². The van der Waals surface area contributed by atoms with Crippen LogP contribution in [0.1, 0.15) is 40.0 Å². The molecule has 2 fully saturated rings. The van der Waals surface area contributed by atoms with Gasteiger partial charge in [-0.15, -0.1) is 0 Å². The fraction of sp³-hybridized carbons (Fsp3) is 0.619. The molecular weight excluding hydrogens is 406 g/mol. The molecule has 2 amide bonds. The molecule has 2 saturated heterocycles. The molecule has 166 valence electrons. The lowest BCUT2D eigenvalue weighted by Gasteiger charge is -2.22. The summed E-state index contributed by atoms with van der Waals surface area (Å²) in [4.78, 5) is 26.9. The predicted octanol–water partition coefficient (Wildman–Crippen LogP) is 1.75. The highest BCUT2D eigenvalue weighted by molar-refractivity contribution is 7.89. The molecular formula is C21H31N3O5S. The van der Waals surface area contributed by atoms with E-state index in [0.29, 0.717) is 18.8 Å². The summed E-state index contributed by atoms with van der Waals surface area (Å²) in [6.07, 6.45) is 2.10. The molecule has 0 bridgehead atoms. The Labute approximate surface area is 178 Å². The van der Waals surface area contributed by atoms with Gasteiger partial charge in [0.2, 0.25) is 21.8 Å². The number of sulfonamides is 1. The Hall–Kier alpha value is -1.97. The molecule has 3 unspecified atom stereocenters. The third-order valence-corrected chi connectivity index (χ3v) is 7.94. The van der Waals surface area contributed by atoms with Crippen LogP contribution < -0.4 is 10.2 Å². The van der Waals surface area contributed by atoms with E-state index in [4.69, 9.17) is 4.74 Å². The second-order valence-corrected chi connectivity index (χ2v) is 9.78. The van der Waals surface area contributed by atoms with Gasteiger partial charge in [-0.3, -0.25) is 9.59 Å². The monoisotopic (exact) mass is 437 g/mol. The van der Waals surface area contributed by atoms with Crippen LogP contribution in [0.2, 0.25) is 0 Å². The lowest BCUT2D eigenvalue weighted by molar-refractivity contribution is -0.127. The van der Waals surface area contributed by atoms with Gasteiger partial charge in [-0.05, 0) is 44.0 Å². The van der Waals surface area contributed by atoms with Crippen molar-refractivity contribution in [2.75, 3.05) is 31.1 Å². The summed E-state index contributed by atoms with van der Waals surface area (Å²) < 4.78 is 32.3. The fourth-order valence-corrected chi connectivity index (χ4v) is 5.53. The van der Waals surface area contributed by atoms with Crippen LogP contribution in [0, 0.1) is 5.92 Å². The van der Waals surface area contributed by atoms with E-state index in [0.717, 1.165) is 19.4 Å². The number of carbonyl (C=O) groups excluding carboxylic acids is 2. The Kier molecular flexibility index (Phi) is 7.15. The zero-order valence-corrected chi connectivity index (χ0v) is 18.7. The van der Waals surface area contributed by atoms with Crippen molar-refractivity contribution < 1.29 is 22.7 Å². The first-order chi connectivity index (χ1) is 14.3. The lowest BCUT2D eigenvalue weighted by atomic mass is 10.1. The van der Waals surface area contributed by atoms with Crippen molar-refractivity contribution >= 4 is 27.5 Å². The SMILES string of the molecule is CCN(CC)S(=O)(=O)c1ccc(N2CC(C(=O)NC(C)C3CCCO3)CC2=O)cc1. The predicted molar refractivity (Wildman–Crippen MR) is 114 cm³/mol. The summed E-state index contributed by atoms with van der Waals surface area (Å²) in [5.41, 5.74) is 0.598. The van der Waals surface area contributed by atoms with Gasteiger partial charge in [-0.2, -0.15) is 4.31 Å². The molecule has 0 spiro atoms. The number of carbonyl (C=O) groups is 2. The van der Waals surface area contributed by atoms with E-state index < -0.39 is 15.9 Å². The van der Waals surface area contributed by atoms with Gasteiger partial charge >= 0.3 is 0 Å². The summed E-state index contributed by atoms with van der Waals surface area (Å²) in [6, 6.07) is 6.20. The normalized spacial score (nSPS) is 23.2. The van der Waals surface area contributed by atoms with E-state index in [2.05, 4.69) is 5.32 Å². The molecule has 0 saturated carbocycles. The van der Waals surface area contributed by atoms with Gasteiger partial charge in [0.1, 0.15) is 0 Å². The molecule has 8 nitrogen and oxygen atoms in total. The highest BCUT2D eigenvalue weighted by Gasteiger charge is 2.36. The smallest absolute Gasteiger partial charge is 0.243 e. The zero-order valence-electron chi connectivity index (χ0n) is 17.8. The number of nitrogens with zero attached hydrogens (tertiary/aromatic N) is 2. The minimum Gasteiger partial charge on any atom is -0.376 e. The first kappa shape index (κ1) is 22.7. The minimum atomic E-state index is -3.55. The Bertz CT molecular complexity index is 861. The van der Waals surface area contributed by atoms with Gasteiger partial charge in [-0.25, -0.2) is 8.42 Å². The number of amides is 2. The highest BCUT2D eigenvalue weighted by Crippen LogP contribution is 2.27. The van der Waals surface area contributed by atoms with Gasteiger partial charge < -0.3 is 15.0 Å². The van der Waals surface area contributed by atoms with Crippen LogP contribution in [0.5, 0.6) is 0 Å². The van der Waals surface area contributed by atoms with Crippen molar-refractivity contribution in [2.24, 2.45) is 5.92 Å². The lowest BCUT2D eigenvalue weighted by Crippen LogP contribution is -2.44. The largest absolute Gasteiger partial charge is 0.376 e. The van der Waals surface area contributed by atoms with Crippen LogP contribution in [-0.4, -0.2) is 62.9 Å². The van der Waals surface area contributed by atoms with E-state index in [1.807, 2.05) is 6.92 Å². The van der Waals surface area contributed by atoms with Gasteiger partial charge in [0, 0.05) is 38.3 Å². The quantitative estimate of drug-likeness (QED) is 0.669. The van der Waals surface area contributed by atoms with E-state index in [1.54, 1.807) is 30.9 Å². The maximum absolute atomic E-state index is 12.6. The molecule has 2 aliphatic rings. The number of hydrogen-bond donors (Lipinski definition) is 1.